The molecule has 4 rings (SSSR count). The number of nitrogens with zero attached hydrogens (tertiary/aromatic N) is 1. The average molecular weight is 394 g/mol. The topological polar surface area (TPSA) is 57.6 Å². The zero-order valence-electron chi connectivity index (χ0n) is 14.4. The molecule has 1 unspecified atom stereocenters. The lowest BCUT2D eigenvalue weighted by Crippen LogP contribution is -2.51. The first-order chi connectivity index (χ1) is 12.1. The van der Waals surface area contributed by atoms with Crippen LogP contribution in [0.3, 0.4) is 0 Å². The minimum atomic E-state index is -3.45. The standard InChI is InChI=1S/C20H23NO3S.ClH/c22-18-12-11-16-13-19(25(23,24)17-9-5-2-6-10-17)20(18)21(16)14-15-7-3-1-4-8-15;/h1-10,16,18-20,22H,11-14H2;1H/t16-,18+,19?,20+;/m1./s1. The maximum Gasteiger partial charge on any atom is 0.182 e. The molecule has 2 bridgehead atoms. The molecule has 2 aromatic carbocycles. The number of piperidine rings is 1. The van der Waals surface area contributed by atoms with Gasteiger partial charge in [-0.05, 0) is 37.0 Å². The molecule has 0 radical (unpaired) electrons. The van der Waals surface area contributed by atoms with Gasteiger partial charge in [0.05, 0.1) is 22.3 Å². The quantitative estimate of drug-likeness (QED) is 0.867. The highest BCUT2D eigenvalue weighted by molar-refractivity contribution is 7.92. The van der Waals surface area contributed by atoms with Crippen LogP contribution in [0.1, 0.15) is 24.8 Å². The van der Waals surface area contributed by atoms with Crippen molar-refractivity contribution in [2.75, 3.05) is 0 Å². The number of aliphatic hydroxyl groups excluding tert-OH is 1. The fourth-order valence-electron chi connectivity index (χ4n) is 4.41. The second kappa shape index (κ2) is 7.69. The van der Waals surface area contributed by atoms with Crippen LogP contribution in [-0.4, -0.2) is 41.9 Å². The summed E-state index contributed by atoms with van der Waals surface area (Å²) in [5.74, 6) is 0. The van der Waals surface area contributed by atoms with Crippen molar-refractivity contribution in [1.82, 2.24) is 4.90 Å². The SMILES string of the molecule is Cl.O=S(=O)(c1ccccc1)C1C[C@H]2CC[C@H](O)[C@@H]1N2Cc1ccccc1. The van der Waals surface area contributed by atoms with Crippen LogP contribution in [0.2, 0.25) is 0 Å². The number of hydrogen-bond acceptors (Lipinski definition) is 4. The van der Waals surface area contributed by atoms with E-state index in [2.05, 4.69) is 17.0 Å². The fourth-order valence-corrected chi connectivity index (χ4v) is 6.48. The van der Waals surface area contributed by atoms with Crippen LogP contribution < -0.4 is 0 Å². The number of rotatable bonds is 4. The molecule has 2 heterocycles. The minimum absolute atomic E-state index is 0. The first-order valence-electron chi connectivity index (χ1n) is 8.84. The van der Waals surface area contributed by atoms with Gasteiger partial charge in [-0.25, -0.2) is 8.42 Å². The van der Waals surface area contributed by atoms with Gasteiger partial charge in [0.25, 0.3) is 0 Å². The predicted octanol–water partition coefficient (Wildman–Crippen LogP) is 3.05. The fraction of sp³-hybridized carbons (Fsp3) is 0.400. The van der Waals surface area contributed by atoms with Crippen LogP contribution in [0, 0.1) is 0 Å². The summed E-state index contributed by atoms with van der Waals surface area (Å²) in [6.45, 7) is 0.689. The van der Waals surface area contributed by atoms with Gasteiger partial charge in [-0.3, -0.25) is 4.90 Å². The smallest absolute Gasteiger partial charge is 0.182 e. The molecule has 2 fully saturated rings. The lowest BCUT2D eigenvalue weighted by Gasteiger charge is -2.38. The molecular weight excluding hydrogens is 370 g/mol. The van der Waals surface area contributed by atoms with E-state index < -0.39 is 21.2 Å². The first-order valence-corrected chi connectivity index (χ1v) is 10.4. The third-order valence-corrected chi connectivity index (χ3v) is 7.80. The predicted molar refractivity (Wildman–Crippen MR) is 104 cm³/mol. The zero-order valence-corrected chi connectivity index (χ0v) is 16.1. The molecule has 4 nitrogen and oxygen atoms in total. The number of halogens is 1. The second-order valence-corrected chi connectivity index (χ2v) is 9.25. The van der Waals surface area contributed by atoms with Crippen molar-refractivity contribution in [2.24, 2.45) is 0 Å². The maximum absolute atomic E-state index is 13.2. The molecule has 0 amide bonds. The molecule has 2 aromatic rings. The lowest BCUT2D eigenvalue weighted by atomic mass is 9.99. The van der Waals surface area contributed by atoms with E-state index in [-0.39, 0.29) is 24.5 Å². The lowest BCUT2D eigenvalue weighted by molar-refractivity contribution is 0.0103. The summed E-state index contributed by atoms with van der Waals surface area (Å²) in [4.78, 5) is 2.58. The highest BCUT2D eigenvalue weighted by Gasteiger charge is 2.52. The summed E-state index contributed by atoms with van der Waals surface area (Å²) >= 11 is 0. The normalized spacial score (nSPS) is 28.5. The molecule has 2 saturated heterocycles. The first kappa shape index (κ1) is 19.4. The molecule has 2 aliphatic heterocycles. The van der Waals surface area contributed by atoms with Crippen molar-refractivity contribution < 1.29 is 13.5 Å². The van der Waals surface area contributed by atoms with Gasteiger partial charge >= 0.3 is 0 Å². The summed E-state index contributed by atoms with van der Waals surface area (Å²) in [6, 6.07) is 18.6. The number of benzene rings is 2. The van der Waals surface area contributed by atoms with Gasteiger partial charge in [0.1, 0.15) is 0 Å². The van der Waals surface area contributed by atoms with E-state index in [1.54, 1.807) is 24.3 Å². The molecule has 6 heteroatoms. The zero-order chi connectivity index (χ0) is 17.4. The van der Waals surface area contributed by atoms with Crippen LogP contribution >= 0.6 is 12.4 Å². The van der Waals surface area contributed by atoms with E-state index in [4.69, 9.17) is 0 Å². The Kier molecular flexibility index (Phi) is 5.72. The van der Waals surface area contributed by atoms with Crippen LogP contribution in [0.15, 0.2) is 65.6 Å². The van der Waals surface area contributed by atoms with Gasteiger partial charge in [-0.1, -0.05) is 48.5 Å². The Morgan fingerprint density at radius 2 is 1.58 bits per heavy atom. The Labute approximate surface area is 161 Å². The third-order valence-electron chi connectivity index (χ3n) is 5.61. The van der Waals surface area contributed by atoms with Crippen molar-refractivity contribution in [3.8, 4) is 0 Å². The van der Waals surface area contributed by atoms with Gasteiger partial charge < -0.3 is 5.11 Å². The molecule has 2 aliphatic rings. The summed E-state index contributed by atoms with van der Waals surface area (Å²) in [7, 11) is -3.45. The van der Waals surface area contributed by atoms with Crippen molar-refractivity contribution in [3.63, 3.8) is 0 Å². The van der Waals surface area contributed by atoms with Crippen LogP contribution in [0.25, 0.3) is 0 Å². The Balaban J connectivity index is 0.00000196. The van der Waals surface area contributed by atoms with Crippen LogP contribution in [0.5, 0.6) is 0 Å². The molecular formula is C20H24ClNO3S. The molecule has 140 valence electrons. The Morgan fingerprint density at radius 1 is 0.962 bits per heavy atom. The van der Waals surface area contributed by atoms with Gasteiger partial charge in [0.2, 0.25) is 0 Å². The summed E-state index contributed by atoms with van der Waals surface area (Å²) in [5, 5.41) is 10.1. The van der Waals surface area contributed by atoms with Crippen molar-refractivity contribution >= 4 is 22.2 Å². The van der Waals surface area contributed by atoms with Crippen LogP contribution in [-0.2, 0) is 16.4 Å². The number of fused-ring (bicyclic) bond motifs is 2. The van der Waals surface area contributed by atoms with E-state index in [1.807, 2.05) is 24.3 Å². The Hall–Kier alpha value is -1.40. The number of sulfone groups is 1. The van der Waals surface area contributed by atoms with Gasteiger partial charge in [-0.2, -0.15) is 0 Å². The molecule has 0 saturated carbocycles. The second-order valence-electron chi connectivity index (χ2n) is 7.08. The molecule has 26 heavy (non-hydrogen) atoms. The van der Waals surface area contributed by atoms with Crippen molar-refractivity contribution in [2.45, 2.75) is 54.1 Å². The van der Waals surface area contributed by atoms with E-state index in [0.29, 0.717) is 24.3 Å². The molecule has 0 aliphatic carbocycles. The van der Waals surface area contributed by atoms with Crippen molar-refractivity contribution in [1.29, 1.82) is 0 Å². The Bertz CT molecular complexity index is 829. The van der Waals surface area contributed by atoms with Gasteiger partial charge in [0.15, 0.2) is 9.84 Å². The van der Waals surface area contributed by atoms with Gasteiger partial charge in [-0.15, -0.1) is 12.4 Å². The summed E-state index contributed by atoms with van der Waals surface area (Å²) in [6.07, 6.45) is 1.55. The van der Waals surface area contributed by atoms with E-state index in [9.17, 15) is 13.5 Å². The molecule has 0 spiro atoms. The Morgan fingerprint density at radius 3 is 2.23 bits per heavy atom. The van der Waals surface area contributed by atoms with Crippen molar-refractivity contribution in [3.05, 3.63) is 66.2 Å². The van der Waals surface area contributed by atoms with Crippen LogP contribution in [0.4, 0.5) is 0 Å². The molecule has 4 atom stereocenters. The third kappa shape index (κ3) is 3.41. The maximum atomic E-state index is 13.2. The largest absolute Gasteiger partial charge is 0.391 e. The monoisotopic (exact) mass is 393 g/mol. The number of aliphatic hydroxyl groups is 1. The highest BCUT2D eigenvalue weighted by atomic mass is 35.5. The molecule has 0 aromatic heterocycles. The van der Waals surface area contributed by atoms with E-state index >= 15 is 0 Å². The summed E-state index contributed by atoms with van der Waals surface area (Å²) in [5.41, 5.74) is 1.16. The average Bonchev–Trinajstić information content (AvgIpc) is 2.90. The number of hydrogen-bond donors (Lipinski definition) is 1. The van der Waals surface area contributed by atoms with Gasteiger partial charge in [0, 0.05) is 12.6 Å². The minimum Gasteiger partial charge on any atom is -0.391 e. The molecule has 1 N–H and O–H groups in total. The summed E-state index contributed by atoms with van der Waals surface area (Å²) < 4.78 is 26.4. The highest BCUT2D eigenvalue weighted by Crippen LogP contribution is 2.41. The van der Waals surface area contributed by atoms with E-state index in [0.717, 1.165) is 12.0 Å². The van der Waals surface area contributed by atoms with E-state index in [1.165, 1.54) is 0 Å².